The Morgan fingerprint density at radius 3 is 2.27 bits per heavy atom. The van der Waals surface area contributed by atoms with E-state index in [2.05, 4.69) is 25.5 Å². The van der Waals surface area contributed by atoms with Gasteiger partial charge in [-0.05, 0) is 49.6 Å². The van der Waals surface area contributed by atoms with Crippen LogP contribution in [-0.4, -0.2) is 94.5 Å². The molecule has 1 aromatic carbocycles. The van der Waals surface area contributed by atoms with Crippen molar-refractivity contribution in [2.24, 2.45) is 5.92 Å². The number of hydrogen-bond acceptors (Lipinski definition) is 7. The third kappa shape index (κ3) is 9.37. The first-order valence-corrected chi connectivity index (χ1v) is 18.3. The first-order chi connectivity index (χ1) is 22.9. The fraction of sp³-hybridized carbons (Fsp3) is 0.559. The smallest absolute Gasteiger partial charge is 0.350 e. The zero-order valence-electron chi connectivity index (χ0n) is 28.3. The number of nitrogens with one attached hydrogen (secondary N) is 3. The van der Waals surface area contributed by atoms with Gasteiger partial charge < -0.3 is 30.2 Å². The maximum Gasteiger partial charge on any atom is 0.350 e. The fourth-order valence-corrected chi connectivity index (χ4v) is 8.06. The highest BCUT2D eigenvalue weighted by atomic mass is 28.2. The van der Waals surface area contributed by atoms with Crippen molar-refractivity contribution in [2.45, 2.75) is 75.8 Å². The van der Waals surface area contributed by atoms with E-state index in [0.29, 0.717) is 18.8 Å². The molecule has 2 aromatic rings. The number of ether oxygens (including phenoxy) is 1. The Labute approximate surface area is 283 Å². The first-order valence-electron chi connectivity index (χ1n) is 16.8. The van der Waals surface area contributed by atoms with Gasteiger partial charge in [-0.1, -0.05) is 45.2 Å². The molecule has 2 aliphatic rings. The van der Waals surface area contributed by atoms with E-state index < -0.39 is 38.7 Å². The van der Waals surface area contributed by atoms with Crippen LogP contribution in [-0.2, 0) is 25.1 Å². The van der Waals surface area contributed by atoms with Gasteiger partial charge in [0, 0.05) is 67.6 Å². The average molecular weight is 687 g/mol. The van der Waals surface area contributed by atoms with Crippen molar-refractivity contribution in [2.75, 3.05) is 45.7 Å². The minimum absolute atomic E-state index is 0.00944. The van der Waals surface area contributed by atoms with Crippen molar-refractivity contribution in [3.63, 3.8) is 0 Å². The lowest BCUT2D eigenvalue weighted by molar-refractivity contribution is -0.145. The van der Waals surface area contributed by atoms with E-state index in [4.69, 9.17) is 4.74 Å². The molecule has 1 aliphatic heterocycles. The molecule has 11 nitrogen and oxygen atoms in total. The summed E-state index contributed by atoms with van der Waals surface area (Å²) in [4.78, 5) is 62.5. The molecule has 3 N–H and O–H groups in total. The molecule has 4 amide bonds. The van der Waals surface area contributed by atoms with E-state index in [1.807, 2.05) is 26.1 Å². The Kier molecular flexibility index (Phi) is 13.0. The largest absolute Gasteiger partial charge is 0.481 e. The van der Waals surface area contributed by atoms with Gasteiger partial charge in [-0.2, -0.15) is 8.78 Å². The lowest BCUT2D eigenvalue weighted by Crippen LogP contribution is -2.55. The van der Waals surface area contributed by atoms with E-state index in [-0.39, 0.29) is 41.9 Å². The van der Waals surface area contributed by atoms with Crippen LogP contribution in [0.25, 0.3) is 0 Å². The van der Waals surface area contributed by atoms with Gasteiger partial charge in [0.15, 0.2) is 0 Å². The summed E-state index contributed by atoms with van der Waals surface area (Å²) in [6, 6.07) is 8.76. The minimum Gasteiger partial charge on any atom is -0.481 e. The SMILES string of the molecule is CCC(=O)N[C@@H](C(=O)N1CCN(C)CC1)[C@@H](C)c1ccc(NC(=O)[C@@H]([SiH2]NC(=O)C(F)(F)c2ccc(OC)nc2)C2CCCCC2)cc1. The lowest BCUT2D eigenvalue weighted by Gasteiger charge is -2.36. The van der Waals surface area contributed by atoms with E-state index in [1.54, 1.807) is 24.0 Å². The molecule has 262 valence electrons. The third-order valence-electron chi connectivity index (χ3n) is 9.55. The third-order valence-corrected chi connectivity index (χ3v) is 11.6. The van der Waals surface area contributed by atoms with Gasteiger partial charge in [0.2, 0.25) is 23.6 Å². The van der Waals surface area contributed by atoms with Crippen molar-refractivity contribution < 1.29 is 32.7 Å². The number of nitrogens with zero attached hydrogens (tertiary/aromatic N) is 3. The highest BCUT2D eigenvalue weighted by Gasteiger charge is 2.42. The number of benzene rings is 1. The molecule has 3 atom stereocenters. The van der Waals surface area contributed by atoms with Crippen LogP contribution in [0.15, 0.2) is 42.6 Å². The summed E-state index contributed by atoms with van der Waals surface area (Å²) in [7, 11) is 1.56. The Morgan fingerprint density at radius 2 is 1.69 bits per heavy atom. The number of alkyl halides is 2. The Hall–Kier alpha value is -3.91. The molecular weight excluding hydrogens is 638 g/mol. The fourth-order valence-electron chi connectivity index (χ4n) is 6.34. The van der Waals surface area contributed by atoms with E-state index in [0.717, 1.165) is 63.0 Å². The minimum atomic E-state index is -3.81. The molecule has 1 aliphatic carbocycles. The second-order valence-electron chi connectivity index (χ2n) is 12.8. The summed E-state index contributed by atoms with van der Waals surface area (Å²) in [5, 5.41) is 5.86. The highest BCUT2D eigenvalue weighted by molar-refractivity contribution is 6.46. The molecule has 2 fully saturated rings. The lowest BCUT2D eigenvalue weighted by atomic mass is 9.86. The van der Waals surface area contributed by atoms with E-state index in [9.17, 15) is 19.2 Å². The molecule has 1 aromatic heterocycles. The second-order valence-corrected chi connectivity index (χ2v) is 14.4. The van der Waals surface area contributed by atoms with Gasteiger partial charge in [-0.3, -0.25) is 19.2 Å². The molecule has 4 rings (SSSR count). The Bertz CT molecular complexity index is 1400. The number of piperazine rings is 1. The number of carbonyl (C=O) groups excluding carboxylic acids is 4. The van der Waals surface area contributed by atoms with Crippen LogP contribution in [0.4, 0.5) is 14.5 Å². The van der Waals surface area contributed by atoms with Crippen molar-refractivity contribution in [1.82, 2.24) is 25.1 Å². The predicted octanol–water partition coefficient (Wildman–Crippen LogP) is 3.16. The first kappa shape index (κ1) is 36.9. The summed E-state index contributed by atoms with van der Waals surface area (Å²) >= 11 is 0. The summed E-state index contributed by atoms with van der Waals surface area (Å²) < 4.78 is 35.0. The highest BCUT2D eigenvalue weighted by Crippen LogP contribution is 2.35. The summed E-state index contributed by atoms with van der Waals surface area (Å²) in [6.07, 6.45) is 5.70. The number of methoxy groups -OCH3 is 1. The number of aromatic nitrogens is 1. The van der Waals surface area contributed by atoms with Gasteiger partial charge in [0.1, 0.15) is 15.7 Å². The number of carbonyl (C=O) groups is 4. The van der Waals surface area contributed by atoms with Crippen LogP contribution in [0, 0.1) is 5.92 Å². The number of rotatable bonds is 13. The van der Waals surface area contributed by atoms with Crippen molar-refractivity contribution in [3.8, 4) is 5.88 Å². The van der Waals surface area contributed by atoms with Gasteiger partial charge in [0.25, 0.3) is 5.91 Å². The molecule has 0 spiro atoms. The second kappa shape index (κ2) is 17.0. The maximum atomic E-state index is 15.0. The maximum absolute atomic E-state index is 15.0. The van der Waals surface area contributed by atoms with Crippen LogP contribution >= 0.6 is 0 Å². The number of anilines is 1. The topological polar surface area (TPSA) is 133 Å². The zero-order chi connectivity index (χ0) is 34.8. The van der Waals surface area contributed by atoms with Gasteiger partial charge in [-0.25, -0.2) is 4.98 Å². The van der Waals surface area contributed by atoms with Crippen LogP contribution in [0.1, 0.15) is 69.4 Å². The summed E-state index contributed by atoms with van der Waals surface area (Å²) in [6.45, 7) is 6.35. The molecular formula is C34H48F2N6O5Si. The van der Waals surface area contributed by atoms with Gasteiger partial charge in [0.05, 0.1) is 7.11 Å². The van der Waals surface area contributed by atoms with Crippen LogP contribution in [0.3, 0.4) is 0 Å². The number of pyridine rings is 1. The van der Waals surface area contributed by atoms with Crippen LogP contribution in [0.5, 0.6) is 5.88 Å². The van der Waals surface area contributed by atoms with E-state index in [1.165, 1.54) is 13.2 Å². The molecule has 14 heteroatoms. The Balaban J connectivity index is 1.44. The normalized spacial score (nSPS) is 18.2. The molecule has 0 unspecified atom stereocenters. The molecule has 1 saturated carbocycles. The number of hydrogen-bond donors (Lipinski definition) is 3. The number of halogens is 2. The monoisotopic (exact) mass is 686 g/mol. The van der Waals surface area contributed by atoms with Crippen LogP contribution < -0.4 is 20.4 Å². The Morgan fingerprint density at radius 1 is 1.02 bits per heavy atom. The quantitative estimate of drug-likeness (QED) is 0.276. The summed E-state index contributed by atoms with van der Waals surface area (Å²) in [5.74, 6) is -6.07. The standard InChI is InChI=1S/C34H48F2N6O5Si/c1-5-27(43)39-29(32(45)42-19-17-41(3)18-20-42)22(2)23-11-14-26(15-12-23)38-31(44)30(24-9-7-6-8-10-24)48-40-33(46)34(35,36)25-13-16-28(47-4)37-21-25/h11-16,21-22,24,29-30H,5-10,17-20,48H2,1-4H3,(H,38,44)(H,39,43)(H,40,46)/t22-,29+,30-/m0/s1. The van der Waals surface area contributed by atoms with Crippen LogP contribution in [0.2, 0.25) is 5.54 Å². The van der Waals surface area contributed by atoms with Gasteiger partial charge in [-0.15, -0.1) is 0 Å². The van der Waals surface area contributed by atoms with Crippen molar-refractivity contribution in [3.05, 3.63) is 53.7 Å². The van der Waals surface area contributed by atoms with Gasteiger partial charge >= 0.3 is 5.92 Å². The van der Waals surface area contributed by atoms with Crippen molar-refractivity contribution >= 4 is 39.0 Å². The molecule has 2 heterocycles. The van der Waals surface area contributed by atoms with Crippen molar-refractivity contribution in [1.29, 1.82) is 0 Å². The molecule has 0 bridgehead atoms. The average Bonchev–Trinajstić information content (AvgIpc) is 3.11. The van der Waals surface area contributed by atoms with E-state index >= 15 is 8.78 Å². The molecule has 1 saturated heterocycles. The summed E-state index contributed by atoms with van der Waals surface area (Å²) in [5.41, 5.74) is 0.209. The number of likely N-dealkylation sites (N-methyl/N-ethyl adjacent to an activating group) is 1. The number of amides is 4. The molecule has 0 radical (unpaired) electrons. The zero-order valence-corrected chi connectivity index (χ0v) is 29.7. The molecule has 48 heavy (non-hydrogen) atoms. The predicted molar refractivity (Wildman–Crippen MR) is 181 cm³/mol.